The van der Waals surface area contributed by atoms with Gasteiger partial charge in [-0.2, -0.15) is 0 Å². The lowest BCUT2D eigenvalue weighted by Gasteiger charge is -1.98. The van der Waals surface area contributed by atoms with E-state index >= 15 is 0 Å². The smallest absolute Gasteiger partial charge is 0.328 e. The van der Waals surface area contributed by atoms with Crippen LogP contribution in [0, 0.1) is 5.82 Å². The van der Waals surface area contributed by atoms with Crippen LogP contribution in [0.25, 0.3) is 6.08 Å². The summed E-state index contributed by atoms with van der Waals surface area (Å²) < 4.78 is 13.1. The molecule has 13 heavy (non-hydrogen) atoms. The molecule has 0 aliphatic rings. The molecule has 0 saturated carbocycles. The van der Waals surface area contributed by atoms with Crippen LogP contribution in [-0.2, 0) is 4.79 Å². The highest BCUT2D eigenvalue weighted by Gasteiger charge is 2.01. The predicted molar refractivity (Wildman–Crippen MR) is 47.5 cm³/mol. The average Bonchev–Trinajstić information content (AvgIpc) is 2.07. The Bertz CT molecular complexity index is 361. The molecule has 0 bridgehead atoms. The zero-order valence-corrected chi connectivity index (χ0v) is 6.70. The van der Waals surface area contributed by atoms with Crippen molar-refractivity contribution in [1.29, 1.82) is 0 Å². The Balaban J connectivity index is 3.02. The van der Waals surface area contributed by atoms with Crippen molar-refractivity contribution in [1.82, 2.24) is 0 Å². The first-order valence-electron chi connectivity index (χ1n) is 3.56. The zero-order chi connectivity index (χ0) is 9.84. The van der Waals surface area contributed by atoms with Crippen molar-refractivity contribution in [2.75, 3.05) is 5.73 Å². The second-order valence-electron chi connectivity index (χ2n) is 2.42. The van der Waals surface area contributed by atoms with Crippen LogP contribution in [0.5, 0.6) is 0 Å². The summed E-state index contributed by atoms with van der Waals surface area (Å²) in [7, 11) is 0. The van der Waals surface area contributed by atoms with Crippen molar-refractivity contribution in [2.24, 2.45) is 0 Å². The minimum Gasteiger partial charge on any atom is -0.478 e. The van der Waals surface area contributed by atoms with E-state index in [2.05, 4.69) is 0 Å². The second kappa shape index (κ2) is 3.71. The number of hydrogen-bond acceptors (Lipinski definition) is 2. The van der Waals surface area contributed by atoms with Gasteiger partial charge in [0.05, 0.1) is 5.69 Å². The van der Waals surface area contributed by atoms with Gasteiger partial charge in [-0.15, -0.1) is 0 Å². The normalized spacial score (nSPS) is 10.5. The van der Waals surface area contributed by atoms with Gasteiger partial charge in [0.25, 0.3) is 0 Å². The van der Waals surface area contributed by atoms with Gasteiger partial charge in [-0.3, -0.25) is 0 Å². The van der Waals surface area contributed by atoms with Crippen LogP contribution in [-0.4, -0.2) is 11.1 Å². The van der Waals surface area contributed by atoms with E-state index in [1.807, 2.05) is 0 Å². The SMILES string of the molecule is Nc1cccc(C=CC(=O)O)c1F. The molecule has 0 radical (unpaired) electrons. The molecule has 3 nitrogen and oxygen atoms in total. The van der Waals surface area contributed by atoms with Gasteiger partial charge in [0.2, 0.25) is 0 Å². The first-order chi connectivity index (χ1) is 6.11. The summed E-state index contributed by atoms with van der Waals surface area (Å²) in [6.45, 7) is 0. The first kappa shape index (κ1) is 9.25. The highest BCUT2D eigenvalue weighted by molar-refractivity contribution is 5.85. The Hall–Kier alpha value is -1.84. The number of carboxylic acids is 1. The number of hydrogen-bond donors (Lipinski definition) is 2. The highest BCUT2D eigenvalue weighted by Crippen LogP contribution is 2.15. The minimum absolute atomic E-state index is 0.00698. The van der Waals surface area contributed by atoms with Crippen LogP contribution in [0.3, 0.4) is 0 Å². The van der Waals surface area contributed by atoms with Gasteiger partial charge in [-0.25, -0.2) is 9.18 Å². The van der Waals surface area contributed by atoms with Crippen molar-refractivity contribution < 1.29 is 14.3 Å². The summed E-state index contributed by atoms with van der Waals surface area (Å²) in [6.07, 6.45) is 2.02. The van der Waals surface area contributed by atoms with E-state index in [9.17, 15) is 9.18 Å². The summed E-state index contributed by atoms with van der Waals surface area (Å²) in [6, 6.07) is 4.42. The fourth-order valence-corrected chi connectivity index (χ4v) is 0.858. The molecule has 0 amide bonds. The van der Waals surface area contributed by atoms with Gasteiger partial charge in [0.1, 0.15) is 0 Å². The summed E-state index contributed by atoms with van der Waals surface area (Å²) in [5.74, 6) is -1.72. The maximum atomic E-state index is 13.1. The van der Waals surface area contributed by atoms with Crippen LogP contribution < -0.4 is 5.73 Å². The quantitative estimate of drug-likeness (QED) is 0.536. The standard InChI is InChI=1S/C9H8FNO2/c10-9-6(4-5-8(12)13)2-1-3-7(9)11/h1-5H,11H2,(H,12,13). The van der Waals surface area contributed by atoms with Crippen molar-refractivity contribution in [2.45, 2.75) is 0 Å². The van der Waals surface area contributed by atoms with Crippen molar-refractivity contribution in [3.8, 4) is 0 Å². The van der Waals surface area contributed by atoms with Crippen molar-refractivity contribution in [3.05, 3.63) is 35.7 Å². The van der Waals surface area contributed by atoms with E-state index in [1.165, 1.54) is 12.1 Å². The fraction of sp³-hybridized carbons (Fsp3) is 0. The number of nitrogens with two attached hydrogens (primary N) is 1. The molecular formula is C9H8FNO2. The fourth-order valence-electron chi connectivity index (χ4n) is 0.858. The Morgan fingerprint density at radius 1 is 1.54 bits per heavy atom. The third-order valence-electron chi connectivity index (χ3n) is 1.46. The van der Waals surface area contributed by atoms with E-state index in [1.54, 1.807) is 6.07 Å². The molecule has 1 rings (SSSR count). The van der Waals surface area contributed by atoms with Gasteiger partial charge >= 0.3 is 5.97 Å². The molecular weight excluding hydrogens is 173 g/mol. The van der Waals surface area contributed by atoms with E-state index in [0.29, 0.717) is 0 Å². The summed E-state index contributed by atoms with van der Waals surface area (Å²) in [5, 5.41) is 8.29. The summed E-state index contributed by atoms with van der Waals surface area (Å²) >= 11 is 0. The lowest BCUT2D eigenvalue weighted by atomic mass is 10.2. The minimum atomic E-state index is -1.12. The lowest BCUT2D eigenvalue weighted by molar-refractivity contribution is -0.131. The van der Waals surface area contributed by atoms with Gasteiger partial charge in [0.15, 0.2) is 5.82 Å². The summed E-state index contributed by atoms with van der Waals surface area (Å²) in [5.41, 5.74) is 5.45. The molecule has 1 aromatic carbocycles. The number of rotatable bonds is 2. The number of anilines is 1. The topological polar surface area (TPSA) is 63.3 Å². The van der Waals surface area contributed by atoms with Crippen LogP contribution in [0.2, 0.25) is 0 Å². The average molecular weight is 181 g/mol. The van der Waals surface area contributed by atoms with E-state index in [0.717, 1.165) is 12.2 Å². The molecule has 0 aromatic heterocycles. The maximum absolute atomic E-state index is 13.1. The number of carboxylic acid groups (broad SMARTS) is 1. The number of carbonyl (C=O) groups is 1. The van der Waals surface area contributed by atoms with Gasteiger partial charge in [-0.1, -0.05) is 12.1 Å². The van der Waals surface area contributed by atoms with Crippen molar-refractivity contribution in [3.63, 3.8) is 0 Å². The molecule has 68 valence electrons. The molecule has 3 N–H and O–H groups in total. The third kappa shape index (κ3) is 2.30. The zero-order valence-electron chi connectivity index (χ0n) is 6.70. The molecule has 0 aliphatic carbocycles. The number of benzene rings is 1. The number of nitrogen functional groups attached to an aromatic ring is 1. The molecule has 0 fully saturated rings. The largest absolute Gasteiger partial charge is 0.478 e. The Morgan fingerprint density at radius 2 is 2.23 bits per heavy atom. The van der Waals surface area contributed by atoms with Crippen LogP contribution >= 0.6 is 0 Å². The second-order valence-corrected chi connectivity index (χ2v) is 2.42. The monoisotopic (exact) mass is 181 g/mol. The van der Waals surface area contributed by atoms with E-state index in [4.69, 9.17) is 10.8 Å². The third-order valence-corrected chi connectivity index (χ3v) is 1.46. The number of aliphatic carboxylic acids is 1. The lowest BCUT2D eigenvalue weighted by Crippen LogP contribution is -1.93. The van der Waals surface area contributed by atoms with Gasteiger partial charge in [0, 0.05) is 11.6 Å². The first-order valence-corrected chi connectivity index (χ1v) is 3.56. The van der Waals surface area contributed by atoms with E-state index in [-0.39, 0.29) is 11.3 Å². The van der Waals surface area contributed by atoms with Crippen molar-refractivity contribution >= 4 is 17.7 Å². The van der Waals surface area contributed by atoms with Crippen LogP contribution in [0.4, 0.5) is 10.1 Å². The number of halogens is 1. The molecule has 4 heteroatoms. The Kier molecular flexibility index (Phi) is 2.64. The maximum Gasteiger partial charge on any atom is 0.328 e. The molecule has 1 aromatic rings. The molecule has 0 spiro atoms. The molecule has 0 saturated heterocycles. The Morgan fingerprint density at radius 3 is 2.85 bits per heavy atom. The molecule has 0 atom stereocenters. The molecule has 0 heterocycles. The highest BCUT2D eigenvalue weighted by atomic mass is 19.1. The molecule has 0 unspecified atom stereocenters. The summed E-state index contributed by atoms with van der Waals surface area (Å²) in [4.78, 5) is 10.1. The van der Waals surface area contributed by atoms with E-state index < -0.39 is 11.8 Å². The predicted octanol–water partition coefficient (Wildman–Crippen LogP) is 1.51. The van der Waals surface area contributed by atoms with Gasteiger partial charge in [-0.05, 0) is 12.1 Å². The molecule has 0 aliphatic heterocycles. The van der Waals surface area contributed by atoms with Crippen LogP contribution in [0.15, 0.2) is 24.3 Å². The van der Waals surface area contributed by atoms with Gasteiger partial charge < -0.3 is 10.8 Å². The Labute approximate surface area is 74.3 Å². The van der Waals surface area contributed by atoms with Crippen LogP contribution in [0.1, 0.15) is 5.56 Å².